The van der Waals surface area contributed by atoms with Gasteiger partial charge >= 0.3 is 0 Å². The van der Waals surface area contributed by atoms with Gasteiger partial charge in [0.05, 0.1) is 7.11 Å². The molecule has 0 unspecified atom stereocenters. The third kappa shape index (κ3) is 6.33. The summed E-state index contributed by atoms with van der Waals surface area (Å²) >= 11 is 0. The van der Waals surface area contributed by atoms with Crippen LogP contribution in [0.4, 0.5) is 0 Å². The zero-order chi connectivity index (χ0) is 22.2. The predicted molar refractivity (Wildman–Crippen MR) is 124 cm³/mol. The fourth-order valence-electron chi connectivity index (χ4n) is 3.39. The molecular formula is C26H30N2O3. The Balaban J connectivity index is 1.61. The number of hydrogen-bond acceptors (Lipinski definition) is 4. The number of nitrogens with zero attached hydrogens (tertiary/aromatic N) is 1. The zero-order valence-corrected chi connectivity index (χ0v) is 18.6. The molecule has 0 atom stereocenters. The highest BCUT2D eigenvalue weighted by molar-refractivity contribution is 5.78. The second kappa shape index (κ2) is 10.6. The number of rotatable bonds is 9. The summed E-state index contributed by atoms with van der Waals surface area (Å²) in [6, 6.07) is 22.3. The first kappa shape index (κ1) is 22.4. The number of benzene rings is 3. The number of methoxy groups -OCH3 is 1. The van der Waals surface area contributed by atoms with Gasteiger partial charge in [0.25, 0.3) is 5.91 Å². The molecule has 3 rings (SSSR count). The van der Waals surface area contributed by atoms with Crippen molar-refractivity contribution >= 4 is 5.91 Å². The minimum atomic E-state index is -0.182. The Kier molecular flexibility index (Phi) is 7.68. The molecule has 0 heterocycles. The molecule has 0 aliphatic carbocycles. The van der Waals surface area contributed by atoms with E-state index in [2.05, 4.69) is 54.6 Å². The zero-order valence-electron chi connectivity index (χ0n) is 18.6. The number of hydrogen-bond donors (Lipinski definition) is 1. The van der Waals surface area contributed by atoms with Crippen molar-refractivity contribution in [2.24, 2.45) is 0 Å². The molecule has 3 aromatic rings. The van der Waals surface area contributed by atoms with E-state index in [1.807, 2.05) is 43.3 Å². The van der Waals surface area contributed by atoms with Crippen molar-refractivity contribution in [2.45, 2.75) is 20.0 Å². The molecular weight excluding hydrogens is 388 g/mol. The lowest BCUT2D eigenvalue weighted by Gasteiger charge is -2.14. The third-order valence-corrected chi connectivity index (χ3v) is 4.94. The van der Waals surface area contributed by atoms with Gasteiger partial charge in [0.15, 0.2) is 18.1 Å². The van der Waals surface area contributed by atoms with E-state index in [-0.39, 0.29) is 12.5 Å². The topological polar surface area (TPSA) is 50.8 Å². The molecule has 1 amide bonds. The molecule has 0 aromatic heterocycles. The standard InChI is InChI=1S/C26H30N2O3/c1-19-9-14-24(25(15-19)30-4)31-18-26(29)27-16-22-7-5-6-8-23(22)21-12-10-20(11-13-21)17-28(2)3/h5-15H,16-18H2,1-4H3,(H,27,29). The van der Waals surface area contributed by atoms with Crippen molar-refractivity contribution in [1.82, 2.24) is 10.2 Å². The number of nitrogens with one attached hydrogen (secondary N) is 1. The van der Waals surface area contributed by atoms with Gasteiger partial charge in [0.1, 0.15) is 0 Å². The van der Waals surface area contributed by atoms with Crippen LogP contribution in [-0.4, -0.2) is 38.6 Å². The van der Waals surface area contributed by atoms with E-state index in [0.717, 1.165) is 28.8 Å². The summed E-state index contributed by atoms with van der Waals surface area (Å²) in [4.78, 5) is 14.5. The van der Waals surface area contributed by atoms with Gasteiger partial charge in [-0.2, -0.15) is 0 Å². The lowest BCUT2D eigenvalue weighted by atomic mass is 9.98. The van der Waals surface area contributed by atoms with Crippen LogP contribution >= 0.6 is 0 Å². The molecule has 0 aliphatic rings. The first-order valence-corrected chi connectivity index (χ1v) is 10.3. The molecule has 1 N–H and O–H groups in total. The predicted octanol–water partition coefficient (Wildman–Crippen LogP) is 4.43. The van der Waals surface area contributed by atoms with Gasteiger partial charge < -0.3 is 19.7 Å². The van der Waals surface area contributed by atoms with E-state index in [9.17, 15) is 4.79 Å². The van der Waals surface area contributed by atoms with Crippen LogP contribution < -0.4 is 14.8 Å². The molecule has 5 heteroatoms. The maximum atomic E-state index is 12.4. The van der Waals surface area contributed by atoms with Crippen molar-refractivity contribution in [1.29, 1.82) is 0 Å². The molecule has 31 heavy (non-hydrogen) atoms. The molecule has 0 aliphatic heterocycles. The molecule has 3 aromatic carbocycles. The van der Waals surface area contributed by atoms with Gasteiger partial charge in [0.2, 0.25) is 0 Å². The number of aryl methyl sites for hydroxylation is 1. The summed E-state index contributed by atoms with van der Waals surface area (Å²) in [6.45, 7) is 3.25. The van der Waals surface area contributed by atoms with Crippen LogP contribution in [0.5, 0.6) is 11.5 Å². The Bertz CT molecular complexity index is 1010. The van der Waals surface area contributed by atoms with Crippen LogP contribution in [0.25, 0.3) is 11.1 Å². The Morgan fingerprint density at radius 3 is 2.42 bits per heavy atom. The highest BCUT2D eigenvalue weighted by Gasteiger charge is 2.10. The number of carbonyl (C=O) groups is 1. The molecule has 5 nitrogen and oxygen atoms in total. The fraction of sp³-hybridized carbons (Fsp3) is 0.269. The molecule has 0 saturated heterocycles. The van der Waals surface area contributed by atoms with E-state index >= 15 is 0 Å². The highest BCUT2D eigenvalue weighted by atomic mass is 16.5. The van der Waals surface area contributed by atoms with Crippen LogP contribution in [0.2, 0.25) is 0 Å². The summed E-state index contributed by atoms with van der Waals surface area (Å²) in [5.74, 6) is 0.996. The van der Waals surface area contributed by atoms with Crippen molar-refractivity contribution in [3.8, 4) is 22.6 Å². The van der Waals surface area contributed by atoms with E-state index in [1.54, 1.807) is 7.11 Å². The minimum absolute atomic E-state index is 0.0686. The summed E-state index contributed by atoms with van der Waals surface area (Å²) in [6.07, 6.45) is 0. The second-order valence-electron chi connectivity index (χ2n) is 7.81. The number of ether oxygens (including phenoxy) is 2. The van der Waals surface area contributed by atoms with Gasteiger partial charge in [-0.05, 0) is 61.0 Å². The monoisotopic (exact) mass is 418 g/mol. The molecule has 0 radical (unpaired) electrons. The summed E-state index contributed by atoms with van der Waals surface area (Å²) in [5, 5.41) is 2.95. The Morgan fingerprint density at radius 1 is 0.968 bits per heavy atom. The van der Waals surface area contributed by atoms with E-state index in [1.165, 1.54) is 5.56 Å². The van der Waals surface area contributed by atoms with Crippen LogP contribution in [0.15, 0.2) is 66.7 Å². The maximum Gasteiger partial charge on any atom is 0.258 e. The summed E-state index contributed by atoms with van der Waals surface area (Å²) < 4.78 is 11.0. The number of amides is 1. The quantitative estimate of drug-likeness (QED) is 0.559. The largest absolute Gasteiger partial charge is 0.493 e. The Morgan fingerprint density at radius 2 is 1.71 bits per heavy atom. The smallest absolute Gasteiger partial charge is 0.258 e. The highest BCUT2D eigenvalue weighted by Crippen LogP contribution is 2.28. The SMILES string of the molecule is COc1cc(C)ccc1OCC(=O)NCc1ccccc1-c1ccc(CN(C)C)cc1. The second-order valence-corrected chi connectivity index (χ2v) is 7.81. The van der Waals surface area contributed by atoms with E-state index in [4.69, 9.17) is 9.47 Å². The van der Waals surface area contributed by atoms with Crippen LogP contribution in [0.1, 0.15) is 16.7 Å². The van der Waals surface area contributed by atoms with E-state index < -0.39 is 0 Å². The average molecular weight is 419 g/mol. The van der Waals surface area contributed by atoms with Crippen molar-refractivity contribution in [3.05, 3.63) is 83.4 Å². The minimum Gasteiger partial charge on any atom is -0.493 e. The fourth-order valence-corrected chi connectivity index (χ4v) is 3.39. The Labute approximate surface area is 184 Å². The first-order chi connectivity index (χ1) is 15.0. The Hall–Kier alpha value is -3.31. The van der Waals surface area contributed by atoms with Gasteiger partial charge in [0, 0.05) is 13.1 Å². The summed E-state index contributed by atoms with van der Waals surface area (Å²) in [5.41, 5.74) is 5.64. The molecule has 162 valence electrons. The molecule has 0 fully saturated rings. The van der Waals surface area contributed by atoms with Crippen LogP contribution in [0, 0.1) is 6.92 Å². The van der Waals surface area contributed by atoms with Gasteiger partial charge in [-0.1, -0.05) is 54.6 Å². The normalized spacial score (nSPS) is 10.7. The van der Waals surface area contributed by atoms with E-state index in [0.29, 0.717) is 18.0 Å². The van der Waals surface area contributed by atoms with Gasteiger partial charge in [-0.25, -0.2) is 0 Å². The molecule has 0 bridgehead atoms. The van der Waals surface area contributed by atoms with Crippen molar-refractivity contribution < 1.29 is 14.3 Å². The van der Waals surface area contributed by atoms with Gasteiger partial charge in [-0.15, -0.1) is 0 Å². The lowest BCUT2D eigenvalue weighted by molar-refractivity contribution is -0.123. The lowest BCUT2D eigenvalue weighted by Crippen LogP contribution is -2.28. The average Bonchev–Trinajstić information content (AvgIpc) is 2.77. The third-order valence-electron chi connectivity index (χ3n) is 4.94. The maximum absolute atomic E-state index is 12.4. The first-order valence-electron chi connectivity index (χ1n) is 10.3. The molecule has 0 saturated carbocycles. The van der Waals surface area contributed by atoms with Crippen molar-refractivity contribution in [3.63, 3.8) is 0 Å². The van der Waals surface area contributed by atoms with Crippen LogP contribution in [-0.2, 0) is 17.9 Å². The number of carbonyl (C=O) groups excluding carboxylic acids is 1. The van der Waals surface area contributed by atoms with Crippen molar-refractivity contribution in [2.75, 3.05) is 27.8 Å². The molecule has 0 spiro atoms. The van der Waals surface area contributed by atoms with Crippen LogP contribution in [0.3, 0.4) is 0 Å². The summed E-state index contributed by atoms with van der Waals surface area (Å²) in [7, 11) is 5.71. The van der Waals surface area contributed by atoms with Gasteiger partial charge in [-0.3, -0.25) is 4.79 Å².